The van der Waals surface area contributed by atoms with Crippen LogP contribution in [0.1, 0.15) is 16.8 Å². The molecule has 1 aliphatic rings. The van der Waals surface area contributed by atoms with E-state index in [1.165, 1.54) is 0 Å². The summed E-state index contributed by atoms with van der Waals surface area (Å²) in [5.41, 5.74) is 4.16. The first-order chi connectivity index (χ1) is 12.2. The molecule has 0 fully saturated rings. The third-order valence-corrected chi connectivity index (χ3v) is 4.76. The van der Waals surface area contributed by atoms with Crippen LogP contribution in [0.2, 0.25) is 10.3 Å². The van der Waals surface area contributed by atoms with Crippen molar-refractivity contribution in [3.8, 4) is 11.4 Å². The first-order valence-electron chi connectivity index (χ1n) is 7.97. The van der Waals surface area contributed by atoms with Gasteiger partial charge in [0.15, 0.2) is 5.82 Å². The van der Waals surface area contributed by atoms with E-state index >= 15 is 0 Å². The molecule has 3 aromatic heterocycles. The van der Waals surface area contributed by atoms with E-state index in [1.807, 2.05) is 24.4 Å². The molecule has 7 heteroatoms. The van der Waals surface area contributed by atoms with E-state index < -0.39 is 0 Å². The molecule has 5 nitrogen and oxygen atoms in total. The lowest BCUT2D eigenvalue weighted by molar-refractivity contribution is 0.243. The van der Waals surface area contributed by atoms with Crippen LogP contribution in [0, 0.1) is 0 Å². The second kappa shape index (κ2) is 7.04. The number of fused-ring (bicyclic) bond motifs is 1. The predicted octanol–water partition coefficient (Wildman–Crippen LogP) is 3.80. The van der Waals surface area contributed by atoms with Crippen molar-refractivity contribution in [3.63, 3.8) is 0 Å². The molecule has 0 bridgehead atoms. The van der Waals surface area contributed by atoms with Gasteiger partial charge >= 0.3 is 0 Å². The maximum atomic E-state index is 6.18. The second-order valence-corrected chi connectivity index (χ2v) is 6.70. The lowest BCUT2D eigenvalue weighted by Crippen LogP contribution is -2.31. The van der Waals surface area contributed by atoms with Crippen LogP contribution in [0.3, 0.4) is 0 Å². The summed E-state index contributed by atoms with van der Waals surface area (Å²) in [5.74, 6) is 0.727. The van der Waals surface area contributed by atoms with Crippen molar-refractivity contribution >= 4 is 23.2 Å². The third kappa shape index (κ3) is 3.63. The highest BCUT2D eigenvalue weighted by Gasteiger charge is 2.20. The molecule has 0 unspecified atom stereocenters. The normalized spacial score (nSPS) is 14.3. The smallest absolute Gasteiger partial charge is 0.160 e. The van der Waals surface area contributed by atoms with Crippen LogP contribution in [0.15, 0.2) is 42.9 Å². The molecular weight excluding hydrogens is 357 g/mol. The van der Waals surface area contributed by atoms with Gasteiger partial charge in [0.25, 0.3) is 0 Å². The van der Waals surface area contributed by atoms with Crippen LogP contribution in [0.4, 0.5) is 0 Å². The Morgan fingerprint density at radius 2 is 2.00 bits per heavy atom. The highest BCUT2D eigenvalue weighted by Crippen LogP contribution is 2.24. The fourth-order valence-electron chi connectivity index (χ4n) is 2.94. The van der Waals surface area contributed by atoms with Crippen molar-refractivity contribution in [2.75, 3.05) is 6.54 Å². The predicted molar refractivity (Wildman–Crippen MR) is 97.3 cm³/mol. The quantitative estimate of drug-likeness (QED) is 0.655. The van der Waals surface area contributed by atoms with Crippen molar-refractivity contribution in [3.05, 3.63) is 70.0 Å². The van der Waals surface area contributed by atoms with E-state index in [-0.39, 0.29) is 0 Å². The van der Waals surface area contributed by atoms with Crippen molar-refractivity contribution in [2.24, 2.45) is 0 Å². The van der Waals surface area contributed by atoms with Crippen LogP contribution < -0.4 is 0 Å². The third-order valence-electron chi connectivity index (χ3n) is 4.22. The molecule has 0 aliphatic carbocycles. The highest BCUT2D eigenvalue weighted by molar-refractivity contribution is 6.32. The van der Waals surface area contributed by atoms with Gasteiger partial charge < -0.3 is 0 Å². The number of rotatable bonds is 3. The minimum Gasteiger partial charge on any atom is -0.294 e. The zero-order valence-electron chi connectivity index (χ0n) is 13.4. The molecule has 0 saturated heterocycles. The van der Waals surface area contributed by atoms with Gasteiger partial charge in [0.1, 0.15) is 10.3 Å². The lowest BCUT2D eigenvalue weighted by atomic mass is 10.1. The summed E-state index contributed by atoms with van der Waals surface area (Å²) in [6.45, 7) is 2.43. The van der Waals surface area contributed by atoms with E-state index in [4.69, 9.17) is 28.2 Å². The van der Waals surface area contributed by atoms with E-state index in [0.717, 1.165) is 54.3 Å². The molecule has 0 amide bonds. The van der Waals surface area contributed by atoms with Gasteiger partial charge in [0.2, 0.25) is 0 Å². The minimum absolute atomic E-state index is 0.411. The summed E-state index contributed by atoms with van der Waals surface area (Å²) in [6.07, 6.45) is 6.32. The van der Waals surface area contributed by atoms with Gasteiger partial charge in [-0.05, 0) is 18.2 Å². The van der Waals surface area contributed by atoms with E-state index in [0.29, 0.717) is 10.3 Å². The zero-order chi connectivity index (χ0) is 17.2. The van der Waals surface area contributed by atoms with Gasteiger partial charge in [-0.1, -0.05) is 29.3 Å². The van der Waals surface area contributed by atoms with Crippen molar-refractivity contribution in [2.45, 2.75) is 19.5 Å². The van der Waals surface area contributed by atoms with Gasteiger partial charge in [-0.15, -0.1) is 0 Å². The Kier molecular flexibility index (Phi) is 4.61. The van der Waals surface area contributed by atoms with Crippen molar-refractivity contribution < 1.29 is 0 Å². The number of hydrogen-bond donors (Lipinski definition) is 0. The summed E-state index contributed by atoms with van der Waals surface area (Å²) >= 11 is 12.0. The maximum Gasteiger partial charge on any atom is 0.160 e. The zero-order valence-corrected chi connectivity index (χ0v) is 14.9. The topological polar surface area (TPSA) is 54.8 Å². The first-order valence-corrected chi connectivity index (χ1v) is 8.73. The average Bonchev–Trinajstić information content (AvgIpc) is 2.64. The fraction of sp³-hybridized carbons (Fsp3) is 0.222. The van der Waals surface area contributed by atoms with Crippen LogP contribution >= 0.6 is 23.2 Å². The molecule has 0 atom stereocenters. The number of halogens is 2. The SMILES string of the molecule is Clc1ccc(CN2CCc3nc(-c4cccnc4)ncc3C2)c(Cl)n1. The molecule has 3 aromatic rings. The summed E-state index contributed by atoms with van der Waals surface area (Å²) in [7, 11) is 0. The molecule has 0 aromatic carbocycles. The molecule has 25 heavy (non-hydrogen) atoms. The second-order valence-electron chi connectivity index (χ2n) is 5.95. The van der Waals surface area contributed by atoms with E-state index in [1.54, 1.807) is 18.5 Å². The molecule has 0 N–H and O–H groups in total. The van der Waals surface area contributed by atoms with Gasteiger partial charge in [0.05, 0.1) is 5.69 Å². The van der Waals surface area contributed by atoms with Crippen LogP contribution in [0.25, 0.3) is 11.4 Å². The lowest BCUT2D eigenvalue weighted by Gasteiger charge is -2.28. The molecular formula is C18H15Cl2N5. The molecule has 0 radical (unpaired) electrons. The Labute approximate surface area is 155 Å². The monoisotopic (exact) mass is 371 g/mol. The number of hydrogen-bond acceptors (Lipinski definition) is 5. The fourth-order valence-corrected chi connectivity index (χ4v) is 3.35. The maximum absolute atomic E-state index is 6.18. The van der Waals surface area contributed by atoms with Gasteiger partial charge in [-0.3, -0.25) is 9.88 Å². The Morgan fingerprint density at radius 1 is 1.08 bits per heavy atom. The number of pyridine rings is 2. The Hall–Kier alpha value is -2.08. The molecule has 0 saturated carbocycles. The molecule has 1 aliphatic heterocycles. The Balaban J connectivity index is 1.52. The van der Waals surface area contributed by atoms with Gasteiger partial charge in [-0.2, -0.15) is 0 Å². The standard InChI is InChI=1S/C18H15Cl2N5/c19-16-4-3-13(17(20)24-16)10-25-7-5-15-14(11-25)9-22-18(23-15)12-2-1-6-21-8-12/h1-4,6,8-9H,5,7,10-11H2. The summed E-state index contributed by atoms with van der Waals surface area (Å²) in [6, 6.07) is 7.56. The molecule has 126 valence electrons. The molecule has 0 spiro atoms. The minimum atomic E-state index is 0.411. The largest absolute Gasteiger partial charge is 0.294 e. The van der Waals surface area contributed by atoms with Crippen LogP contribution in [-0.4, -0.2) is 31.4 Å². The number of aromatic nitrogens is 4. The van der Waals surface area contributed by atoms with Crippen LogP contribution in [-0.2, 0) is 19.5 Å². The van der Waals surface area contributed by atoms with Crippen molar-refractivity contribution in [1.82, 2.24) is 24.8 Å². The van der Waals surface area contributed by atoms with Crippen molar-refractivity contribution in [1.29, 1.82) is 0 Å². The van der Waals surface area contributed by atoms with E-state index in [2.05, 4.69) is 19.9 Å². The summed E-state index contributed by atoms with van der Waals surface area (Å²) in [4.78, 5) is 19.8. The Bertz CT molecular complexity index is 901. The summed E-state index contributed by atoms with van der Waals surface area (Å²) in [5, 5.41) is 0.871. The van der Waals surface area contributed by atoms with Gasteiger partial charge in [-0.25, -0.2) is 15.0 Å². The Morgan fingerprint density at radius 3 is 2.80 bits per heavy atom. The highest BCUT2D eigenvalue weighted by atomic mass is 35.5. The summed E-state index contributed by atoms with van der Waals surface area (Å²) < 4.78 is 0. The molecule has 4 heterocycles. The number of nitrogens with zero attached hydrogens (tertiary/aromatic N) is 5. The average molecular weight is 372 g/mol. The van der Waals surface area contributed by atoms with Gasteiger partial charge in [0, 0.05) is 61.3 Å². The first kappa shape index (κ1) is 16.4. The van der Waals surface area contributed by atoms with E-state index in [9.17, 15) is 0 Å². The van der Waals surface area contributed by atoms with Crippen LogP contribution in [0.5, 0.6) is 0 Å². The molecule has 4 rings (SSSR count).